The molecular weight excluding hydrogens is 288 g/mol. The fourth-order valence-corrected chi connectivity index (χ4v) is 2.09. The molecule has 1 aromatic carbocycles. The molecule has 6 heteroatoms. The molecule has 0 saturated heterocycles. The second kappa shape index (κ2) is 7.49. The quantitative estimate of drug-likeness (QED) is 0.865. The number of nitrogens with one attached hydrogen (secondary N) is 2. The van der Waals surface area contributed by atoms with E-state index >= 15 is 0 Å². The Morgan fingerprint density at radius 3 is 2.55 bits per heavy atom. The predicted molar refractivity (Wildman–Crippen MR) is 80.8 cm³/mol. The SMILES string of the molecule is CC[C@@H](NC(=O)Nc1cccc(C(F)F)c1)c1ccncc1. The van der Waals surface area contributed by atoms with Gasteiger partial charge in [-0.1, -0.05) is 19.1 Å². The minimum atomic E-state index is -2.56. The fourth-order valence-electron chi connectivity index (χ4n) is 2.09. The molecule has 0 unspecified atom stereocenters. The van der Waals surface area contributed by atoms with Gasteiger partial charge in [0.15, 0.2) is 0 Å². The topological polar surface area (TPSA) is 54.0 Å². The van der Waals surface area contributed by atoms with Gasteiger partial charge in [-0.2, -0.15) is 0 Å². The Kier molecular flexibility index (Phi) is 5.41. The molecule has 2 rings (SSSR count). The molecule has 22 heavy (non-hydrogen) atoms. The summed E-state index contributed by atoms with van der Waals surface area (Å²) in [5.41, 5.74) is 1.15. The number of anilines is 1. The van der Waals surface area contributed by atoms with Crippen LogP contribution in [0.5, 0.6) is 0 Å². The van der Waals surface area contributed by atoms with Crippen molar-refractivity contribution in [1.29, 1.82) is 0 Å². The number of hydrogen-bond acceptors (Lipinski definition) is 2. The maximum Gasteiger partial charge on any atom is 0.319 e. The van der Waals surface area contributed by atoms with Crippen LogP contribution in [0.2, 0.25) is 0 Å². The van der Waals surface area contributed by atoms with Gasteiger partial charge in [0.05, 0.1) is 6.04 Å². The monoisotopic (exact) mass is 305 g/mol. The minimum absolute atomic E-state index is 0.126. The lowest BCUT2D eigenvalue weighted by atomic mass is 10.1. The van der Waals surface area contributed by atoms with Crippen molar-refractivity contribution in [3.05, 3.63) is 59.9 Å². The number of hydrogen-bond donors (Lipinski definition) is 2. The molecule has 0 spiro atoms. The highest BCUT2D eigenvalue weighted by atomic mass is 19.3. The molecule has 1 aromatic heterocycles. The van der Waals surface area contributed by atoms with Gasteiger partial charge in [0.25, 0.3) is 6.43 Å². The van der Waals surface area contributed by atoms with Gasteiger partial charge in [0.1, 0.15) is 0 Å². The molecule has 0 fully saturated rings. The number of alkyl halides is 2. The number of amides is 2. The van der Waals surface area contributed by atoms with Crippen molar-refractivity contribution in [3.8, 4) is 0 Å². The predicted octanol–water partition coefficient (Wildman–Crippen LogP) is 4.29. The zero-order valence-corrected chi connectivity index (χ0v) is 12.1. The van der Waals surface area contributed by atoms with E-state index in [0.717, 1.165) is 5.56 Å². The van der Waals surface area contributed by atoms with Crippen LogP contribution in [0, 0.1) is 0 Å². The molecule has 2 amide bonds. The van der Waals surface area contributed by atoms with Gasteiger partial charge >= 0.3 is 6.03 Å². The first-order chi connectivity index (χ1) is 10.6. The smallest absolute Gasteiger partial charge is 0.319 e. The van der Waals surface area contributed by atoms with E-state index in [1.54, 1.807) is 18.5 Å². The van der Waals surface area contributed by atoms with Crippen molar-refractivity contribution >= 4 is 11.7 Å². The van der Waals surface area contributed by atoms with Gasteiger partial charge in [0, 0.05) is 23.6 Å². The third kappa shape index (κ3) is 4.25. The highest BCUT2D eigenvalue weighted by Gasteiger charge is 2.13. The second-order valence-corrected chi connectivity index (χ2v) is 4.77. The first-order valence-corrected chi connectivity index (χ1v) is 6.95. The Hall–Kier alpha value is -2.50. The summed E-state index contributed by atoms with van der Waals surface area (Å²) in [6, 6.07) is 8.68. The van der Waals surface area contributed by atoms with Crippen LogP contribution in [0.4, 0.5) is 19.3 Å². The van der Waals surface area contributed by atoms with Crippen molar-refractivity contribution in [2.45, 2.75) is 25.8 Å². The minimum Gasteiger partial charge on any atom is -0.331 e. The molecule has 1 heterocycles. The van der Waals surface area contributed by atoms with E-state index in [9.17, 15) is 13.6 Å². The fraction of sp³-hybridized carbons (Fsp3) is 0.250. The van der Waals surface area contributed by atoms with Crippen LogP contribution in [0.25, 0.3) is 0 Å². The summed E-state index contributed by atoms with van der Waals surface area (Å²) in [6.45, 7) is 1.95. The molecule has 0 saturated carbocycles. The number of carbonyl (C=O) groups is 1. The van der Waals surface area contributed by atoms with Crippen LogP contribution in [0.15, 0.2) is 48.8 Å². The van der Waals surface area contributed by atoms with Crippen molar-refractivity contribution < 1.29 is 13.6 Å². The van der Waals surface area contributed by atoms with Gasteiger partial charge in [0.2, 0.25) is 0 Å². The van der Waals surface area contributed by atoms with Crippen molar-refractivity contribution in [2.75, 3.05) is 5.32 Å². The summed E-state index contributed by atoms with van der Waals surface area (Å²) in [7, 11) is 0. The van der Waals surface area contributed by atoms with E-state index in [0.29, 0.717) is 12.1 Å². The lowest BCUT2D eigenvalue weighted by Crippen LogP contribution is -2.32. The van der Waals surface area contributed by atoms with Gasteiger partial charge in [-0.15, -0.1) is 0 Å². The van der Waals surface area contributed by atoms with Crippen molar-refractivity contribution in [1.82, 2.24) is 10.3 Å². The lowest BCUT2D eigenvalue weighted by Gasteiger charge is -2.18. The normalized spacial score (nSPS) is 12.0. The number of rotatable bonds is 5. The lowest BCUT2D eigenvalue weighted by molar-refractivity contribution is 0.151. The Bertz CT molecular complexity index is 620. The number of benzene rings is 1. The third-order valence-corrected chi connectivity index (χ3v) is 3.22. The Balaban J connectivity index is 2.01. The molecule has 4 nitrogen and oxygen atoms in total. The number of nitrogens with zero attached hydrogens (tertiary/aromatic N) is 1. The van der Waals surface area contributed by atoms with Crippen LogP contribution in [0.1, 0.15) is 36.9 Å². The van der Waals surface area contributed by atoms with Gasteiger partial charge < -0.3 is 10.6 Å². The summed E-state index contributed by atoms with van der Waals surface area (Å²) < 4.78 is 25.3. The van der Waals surface area contributed by atoms with Crippen molar-refractivity contribution in [2.24, 2.45) is 0 Å². The second-order valence-electron chi connectivity index (χ2n) is 4.77. The summed E-state index contributed by atoms with van der Waals surface area (Å²) in [4.78, 5) is 15.9. The van der Waals surface area contributed by atoms with E-state index in [1.165, 1.54) is 18.2 Å². The van der Waals surface area contributed by atoms with Gasteiger partial charge in [-0.3, -0.25) is 4.98 Å². The number of carbonyl (C=O) groups excluding carboxylic acids is 1. The molecule has 2 N–H and O–H groups in total. The number of aromatic nitrogens is 1. The summed E-state index contributed by atoms with van der Waals surface area (Å²) >= 11 is 0. The molecule has 0 aliphatic heterocycles. The maximum atomic E-state index is 12.6. The van der Waals surface area contributed by atoms with E-state index in [-0.39, 0.29) is 11.6 Å². The standard InChI is InChI=1S/C16H17F2N3O/c1-2-14(11-6-8-19-9-7-11)21-16(22)20-13-5-3-4-12(10-13)15(17)18/h3-10,14-15H,2H2,1H3,(H2,20,21,22)/t14-/m1/s1. The van der Waals surface area contributed by atoms with Gasteiger partial charge in [-0.25, -0.2) is 13.6 Å². The molecule has 2 aromatic rings. The first-order valence-electron chi connectivity index (χ1n) is 6.95. The molecule has 0 bridgehead atoms. The summed E-state index contributed by atoms with van der Waals surface area (Å²) in [6.07, 6.45) is 1.45. The van der Waals surface area contributed by atoms with Crippen molar-refractivity contribution in [3.63, 3.8) is 0 Å². The van der Waals surface area contributed by atoms with Crippen LogP contribution < -0.4 is 10.6 Å². The molecule has 0 aliphatic rings. The molecule has 0 radical (unpaired) electrons. The molecule has 1 atom stereocenters. The largest absolute Gasteiger partial charge is 0.331 e. The average Bonchev–Trinajstić information content (AvgIpc) is 2.53. The van der Waals surface area contributed by atoms with E-state index in [4.69, 9.17) is 0 Å². The van der Waals surface area contributed by atoms with Crippen LogP contribution in [-0.4, -0.2) is 11.0 Å². The van der Waals surface area contributed by atoms with Gasteiger partial charge in [-0.05, 0) is 36.2 Å². The van der Waals surface area contributed by atoms with Crippen LogP contribution in [-0.2, 0) is 0 Å². The zero-order chi connectivity index (χ0) is 15.9. The Labute approximate surface area is 127 Å². The maximum absolute atomic E-state index is 12.6. The Morgan fingerprint density at radius 2 is 1.91 bits per heavy atom. The third-order valence-electron chi connectivity index (χ3n) is 3.22. The van der Waals surface area contributed by atoms with Crippen LogP contribution in [0.3, 0.4) is 0 Å². The van der Waals surface area contributed by atoms with E-state index in [2.05, 4.69) is 15.6 Å². The number of halogens is 2. The van der Waals surface area contributed by atoms with Crippen LogP contribution >= 0.6 is 0 Å². The molecule has 0 aliphatic carbocycles. The molecule has 116 valence electrons. The molecular formula is C16H17F2N3O. The van der Waals surface area contributed by atoms with E-state index < -0.39 is 12.5 Å². The highest BCUT2D eigenvalue weighted by Crippen LogP contribution is 2.22. The Morgan fingerprint density at radius 1 is 1.18 bits per heavy atom. The average molecular weight is 305 g/mol. The zero-order valence-electron chi connectivity index (χ0n) is 12.1. The van der Waals surface area contributed by atoms with E-state index in [1.807, 2.05) is 19.1 Å². The summed E-state index contributed by atoms with van der Waals surface area (Å²) in [5, 5.41) is 5.39. The summed E-state index contributed by atoms with van der Waals surface area (Å²) in [5.74, 6) is 0. The highest BCUT2D eigenvalue weighted by molar-refractivity contribution is 5.89. The number of urea groups is 1. The number of pyridine rings is 1. The first kappa shape index (κ1) is 15.9.